The molecule has 0 aliphatic rings. The Bertz CT molecular complexity index is 1910. The van der Waals surface area contributed by atoms with Crippen LogP contribution in [0, 0.1) is 5.92 Å². The largest absolute Gasteiger partial charge is 0.480 e. The Hall–Kier alpha value is -5.78. The summed E-state index contributed by atoms with van der Waals surface area (Å²) in [4.78, 5) is 93.2. The molecule has 336 valence electrons. The highest BCUT2D eigenvalue weighted by Crippen LogP contribution is 2.14. The molecule has 0 saturated carbocycles. The zero-order valence-corrected chi connectivity index (χ0v) is 36.7. The summed E-state index contributed by atoms with van der Waals surface area (Å²) in [6, 6.07) is 21.4. The topological polar surface area (TPSA) is 255 Å². The smallest absolute Gasteiger partial charge is 0.321 e. The van der Waals surface area contributed by atoms with Crippen LogP contribution in [0.1, 0.15) is 49.8 Å². The molecule has 0 heterocycles. The molecule has 10 N–H and O–H groups in total. The maximum atomic E-state index is 14.6. The first-order valence-electron chi connectivity index (χ1n) is 20.6. The van der Waals surface area contributed by atoms with E-state index in [1.807, 2.05) is 80.8 Å². The lowest BCUT2D eigenvalue weighted by molar-refractivity contribution is -0.141. The third-order valence-electron chi connectivity index (χ3n) is 10.1. The number of carboxylic acids is 1. The van der Waals surface area contributed by atoms with Crippen molar-refractivity contribution in [3.8, 4) is 0 Å². The summed E-state index contributed by atoms with van der Waals surface area (Å²) in [5.41, 5.74) is 13.5. The Morgan fingerprint density at radius 3 is 1.66 bits per heavy atom. The molecule has 3 aromatic carbocycles. The van der Waals surface area contributed by atoms with Gasteiger partial charge in [0.1, 0.15) is 30.2 Å². The minimum absolute atomic E-state index is 0.0385. The predicted octanol–water partition coefficient (Wildman–Crippen LogP) is 1.16. The number of carbonyl (C=O) groups is 7. The minimum Gasteiger partial charge on any atom is -0.480 e. The average Bonchev–Trinajstić information content (AvgIpc) is 3.24. The lowest BCUT2D eigenvalue weighted by atomic mass is 10.00. The number of likely N-dealkylation sites (N-methyl/N-ethyl adjacent to an activating group) is 1. The average molecular weight is 875 g/mol. The highest BCUT2D eigenvalue weighted by molar-refractivity contribution is 7.98. The maximum absolute atomic E-state index is 14.6. The van der Waals surface area contributed by atoms with Gasteiger partial charge in [-0.05, 0) is 53.9 Å². The van der Waals surface area contributed by atoms with Gasteiger partial charge >= 0.3 is 5.97 Å². The summed E-state index contributed by atoms with van der Waals surface area (Å²) in [5.74, 6) is -4.19. The fraction of sp³-hybridized carbons (Fsp3) is 0.444. The van der Waals surface area contributed by atoms with Crippen molar-refractivity contribution >= 4 is 53.2 Å². The maximum Gasteiger partial charge on any atom is 0.321 e. The minimum atomic E-state index is -1.48. The summed E-state index contributed by atoms with van der Waals surface area (Å²) in [5, 5.41) is 23.4. The van der Waals surface area contributed by atoms with Crippen LogP contribution < -0.4 is 38.1 Å². The molecule has 0 radical (unpaired) electrons. The summed E-state index contributed by atoms with van der Waals surface area (Å²) >= 11 is 1.52. The van der Waals surface area contributed by atoms with E-state index in [0.29, 0.717) is 30.6 Å². The molecule has 0 aliphatic carbocycles. The molecule has 0 unspecified atom stereocenters. The van der Waals surface area contributed by atoms with Gasteiger partial charge in [-0.3, -0.25) is 33.6 Å². The van der Waals surface area contributed by atoms with Crippen molar-refractivity contribution in [1.29, 1.82) is 0 Å². The van der Waals surface area contributed by atoms with Gasteiger partial charge in [-0.2, -0.15) is 11.8 Å². The van der Waals surface area contributed by atoms with E-state index in [9.17, 15) is 38.7 Å². The SMILES string of the molecule is CSCC[C@H](NC(=O)[C@H](CC(C)C)NC(=O)CNC[C@H](Cc1ccccc1)N(C)C(=O)[C@H](Cc1ccccc1)NC(=O)[C@H](Cc1ccccc1)NC(=O)C[C@H](N)C(=O)O)C(N)=O. The monoisotopic (exact) mass is 874 g/mol. The van der Waals surface area contributed by atoms with Crippen LogP contribution in [-0.4, -0.2) is 120 Å². The van der Waals surface area contributed by atoms with Crippen molar-refractivity contribution in [1.82, 2.24) is 31.5 Å². The van der Waals surface area contributed by atoms with Gasteiger partial charge in [0, 0.05) is 32.5 Å². The van der Waals surface area contributed by atoms with Crippen molar-refractivity contribution in [2.45, 2.75) is 88.6 Å². The highest BCUT2D eigenvalue weighted by atomic mass is 32.2. The number of nitrogens with zero attached hydrogens (tertiary/aromatic N) is 1. The van der Waals surface area contributed by atoms with Crippen LogP contribution in [0.3, 0.4) is 0 Å². The molecule has 62 heavy (non-hydrogen) atoms. The fourth-order valence-electron chi connectivity index (χ4n) is 6.67. The van der Waals surface area contributed by atoms with Crippen LogP contribution >= 0.6 is 11.8 Å². The van der Waals surface area contributed by atoms with Crippen LogP contribution in [0.4, 0.5) is 0 Å². The number of hydrogen-bond acceptors (Lipinski definition) is 10. The van der Waals surface area contributed by atoms with Gasteiger partial charge in [-0.15, -0.1) is 0 Å². The van der Waals surface area contributed by atoms with Crippen molar-refractivity contribution in [3.05, 3.63) is 108 Å². The first kappa shape index (κ1) is 50.6. The van der Waals surface area contributed by atoms with Crippen molar-refractivity contribution in [3.63, 3.8) is 0 Å². The molecule has 17 heteroatoms. The van der Waals surface area contributed by atoms with E-state index in [-0.39, 0.29) is 31.8 Å². The van der Waals surface area contributed by atoms with Crippen LogP contribution in [0.25, 0.3) is 0 Å². The third kappa shape index (κ3) is 18.1. The predicted molar refractivity (Wildman–Crippen MR) is 239 cm³/mol. The number of benzene rings is 3. The van der Waals surface area contributed by atoms with Gasteiger partial charge in [0.05, 0.1) is 13.0 Å². The van der Waals surface area contributed by atoms with Gasteiger partial charge in [0.15, 0.2) is 0 Å². The number of amides is 6. The van der Waals surface area contributed by atoms with Crippen LogP contribution in [0.2, 0.25) is 0 Å². The molecule has 0 saturated heterocycles. The number of carboxylic acid groups (broad SMARTS) is 1. The zero-order valence-electron chi connectivity index (χ0n) is 35.9. The number of nitrogens with one attached hydrogen (secondary N) is 5. The number of aliphatic carboxylic acids is 1. The van der Waals surface area contributed by atoms with Crippen molar-refractivity contribution < 1.29 is 38.7 Å². The van der Waals surface area contributed by atoms with E-state index < -0.39 is 84.1 Å². The number of rotatable bonds is 27. The summed E-state index contributed by atoms with van der Waals surface area (Å²) in [6.07, 6.45) is 2.53. The Balaban J connectivity index is 1.84. The lowest BCUT2D eigenvalue weighted by Gasteiger charge is -2.33. The van der Waals surface area contributed by atoms with E-state index in [1.165, 1.54) is 16.7 Å². The van der Waals surface area contributed by atoms with E-state index in [1.54, 1.807) is 37.4 Å². The molecule has 6 atom stereocenters. The van der Waals surface area contributed by atoms with Crippen LogP contribution in [-0.2, 0) is 52.8 Å². The molecular formula is C45H62N8O8S. The summed E-state index contributed by atoms with van der Waals surface area (Å²) in [7, 11) is 1.62. The van der Waals surface area contributed by atoms with Crippen molar-refractivity contribution in [2.24, 2.45) is 17.4 Å². The van der Waals surface area contributed by atoms with E-state index >= 15 is 0 Å². The van der Waals surface area contributed by atoms with Gasteiger partial charge in [-0.1, -0.05) is 105 Å². The quantitative estimate of drug-likeness (QED) is 0.0540. The second-order valence-electron chi connectivity index (χ2n) is 15.6. The van der Waals surface area contributed by atoms with Crippen molar-refractivity contribution in [2.75, 3.05) is 32.1 Å². The molecule has 0 aliphatic heterocycles. The normalized spacial score (nSPS) is 14.0. The number of hydrogen-bond donors (Lipinski definition) is 8. The highest BCUT2D eigenvalue weighted by Gasteiger charge is 2.33. The summed E-state index contributed by atoms with van der Waals surface area (Å²) < 4.78 is 0. The number of thioether (sulfide) groups is 1. The Kier molecular flexibility index (Phi) is 21.6. The molecule has 0 spiro atoms. The van der Waals surface area contributed by atoms with Gasteiger partial charge in [0.25, 0.3) is 0 Å². The molecule has 0 fully saturated rings. The fourth-order valence-corrected chi connectivity index (χ4v) is 7.15. The van der Waals surface area contributed by atoms with Gasteiger partial charge < -0.3 is 48.1 Å². The first-order valence-corrected chi connectivity index (χ1v) is 22.0. The first-order chi connectivity index (χ1) is 29.6. The Labute approximate surface area is 368 Å². The Morgan fingerprint density at radius 2 is 1.16 bits per heavy atom. The second-order valence-corrected chi connectivity index (χ2v) is 16.6. The van der Waals surface area contributed by atoms with Gasteiger partial charge in [-0.25, -0.2) is 0 Å². The third-order valence-corrected chi connectivity index (χ3v) is 10.7. The van der Waals surface area contributed by atoms with E-state index in [0.717, 1.165) is 11.1 Å². The molecule has 16 nitrogen and oxygen atoms in total. The van der Waals surface area contributed by atoms with Gasteiger partial charge in [0.2, 0.25) is 35.4 Å². The lowest BCUT2D eigenvalue weighted by Crippen LogP contribution is -2.58. The molecule has 3 rings (SSSR count). The molecule has 6 amide bonds. The molecule has 0 bridgehead atoms. The van der Waals surface area contributed by atoms with E-state index in [2.05, 4.69) is 26.6 Å². The zero-order chi connectivity index (χ0) is 45.6. The second kappa shape index (κ2) is 26.5. The number of carbonyl (C=O) groups excluding carboxylic acids is 6. The van der Waals surface area contributed by atoms with Crippen LogP contribution in [0.5, 0.6) is 0 Å². The molecule has 3 aromatic rings. The Morgan fingerprint density at radius 1 is 0.677 bits per heavy atom. The standard InChI is InChI=1S/C45H62N8O8S/c1-29(2)22-36(42(57)51-35(41(47)56)20-21-62-4)50-40(55)28-48-27-33(23-30-14-8-5-9-15-30)53(3)44(59)38(25-32-18-12-7-13-19-32)52-43(58)37(24-31-16-10-6-11-17-31)49-39(54)26-34(46)45(60)61/h5-19,29,33-38,48H,20-28,46H2,1-4H3,(H2,47,56)(H,49,54)(H,50,55)(H,51,57)(H,52,58)(H,60,61)/t33-,34-,35-,36-,37-,38-/m0/s1. The number of nitrogens with two attached hydrogens (primary N) is 2. The molecular weight excluding hydrogens is 813 g/mol. The number of primary amides is 1. The van der Waals surface area contributed by atoms with E-state index in [4.69, 9.17) is 11.5 Å². The van der Waals surface area contributed by atoms with Crippen LogP contribution in [0.15, 0.2) is 91.0 Å². The summed E-state index contributed by atoms with van der Waals surface area (Å²) in [6.45, 7) is 3.77. The molecule has 0 aromatic heterocycles.